The van der Waals surface area contributed by atoms with E-state index in [1.807, 2.05) is 25.1 Å². The van der Waals surface area contributed by atoms with Crippen LogP contribution in [0.5, 0.6) is 0 Å². The van der Waals surface area contributed by atoms with Crippen LogP contribution >= 0.6 is 11.3 Å². The van der Waals surface area contributed by atoms with Crippen molar-refractivity contribution < 1.29 is 13.9 Å². The van der Waals surface area contributed by atoms with Crippen molar-refractivity contribution in [3.63, 3.8) is 0 Å². The number of thiazole rings is 1. The van der Waals surface area contributed by atoms with Crippen LogP contribution in [-0.4, -0.2) is 55.2 Å². The Morgan fingerprint density at radius 2 is 1.94 bits per heavy atom. The minimum absolute atomic E-state index is 0.0252. The number of hydrogen-bond acceptors (Lipinski definition) is 7. The van der Waals surface area contributed by atoms with E-state index in [1.54, 1.807) is 23.1 Å². The van der Waals surface area contributed by atoms with Crippen molar-refractivity contribution >= 4 is 43.6 Å². The molecule has 1 saturated heterocycles. The standard InChI is InChI=1S/C26H27N3O4S/c1-17-8-9-22-23(18(17)2)27-26(34-22)29(11-5-10-28-12-14-32-15-13-28)24(30)20-16-19-6-3-4-7-21(19)33-25(20)31/h3-4,6-9,16H,5,10-15H2,1-2H3. The van der Waals surface area contributed by atoms with Crippen LogP contribution in [0.3, 0.4) is 0 Å². The normalized spacial score (nSPS) is 14.6. The molecule has 1 amide bonds. The highest BCUT2D eigenvalue weighted by molar-refractivity contribution is 7.22. The van der Waals surface area contributed by atoms with Gasteiger partial charge in [0.15, 0.2) is 5.13 Å². The molecule has 2 aromatic heterocycles. The Labute approximate surface area is 201 Å². The molecule has 176 valence electrons. The summed E-state index contributed by atoms with van der Waals surface area (Å²) in [6.07, 6.45) is 0.762. The van der Waals surface area contributed by atoms with E-state index < -0.39 is 5.63 Å². The zero-order valence-corrected chi connectivity index (χ0v) is 20.2. The maximum Gasteiger partial charge on any atom is 0.349 e. The average Bonchev–Trinajstić information content (AvgIpc) is 3.29. The Morgan fingerprint density at radius 3 is 2.76 bits per heavy atom. The van der Waals surface area contributed by atoms with Crippen LogP contribution in [-0.2, 0) is 4.74 Å². The Bertz CT molecular complexity index is 1400. The number of carbonyl (C=O) groups excluding carboxylic acids is 1. The smallest absolute Gasteiger partial charge is 0.349 e. The van der Waals surface area contributed by atoms with Crippen LogP contribution in [0.2, 0.25) is 0 Å². The van der Waals surface area contributed by atoms with Crippen LogP contribution in [0.25, 0.3) is 21.2 Å². The summed E-state index contributed by atoms with van der Waals surface area (Å²) >= 11 is 1.47. The predicted molar refractivity (Wildman–Crippen MR) is 135 cm³/mol. The average molecular weight is 478 g/mol. The molecular weight excluding hydrogens is 450 g/mol. The van der Waals surface area contributed by atoms with Gasteiger partial charge in [0, 0.05) is 31.6 Å². The Kier molecular flexibility index (Phi) is 6.45. The van der Waals surface area contributed by atoms with Crippen molar-refractivity contribution in [2.45, 2.75) is 20.3 Å². The van der Waals surface area contributed by atoms with Gasteiger partial charge in [0.2, 0.25) is 0 Å². The lowest BCUT2D eigenvalue weighted by Gasteiger charge is -2.27. The number of hydrogen-bond donors (Lipinski definition) is 0. The molecular formula is C26H27N3O4S. The van der Waals surface area contributed by atoms with Crippen LogP contribution < -0.4 is 10.5 Å². The SMILES string of the molecule is Cc1ccc2sc(N(CCCN3CCOCC3)C(=O)c3cc4ccccc4oc3=O)nc2c1C. The molecule has 1 aliphatic rings. The third-order valence-electron chi connectivity index (χ3n) is 6.38. The molecule has 0 aliphatic carbocycles. The zero-order valence-electron chi connectivity index (χ0n) is 19.4. The first kappa shape index (κ1) is 22.7. The quantitative estimate of drug-likeness (QED) is 0.384. The first-order valence-corrected chi connectivity index (χ1v) is 12.3. The number of morpholine rings is 1. The first-order valence-electron chi connectivity index (χ1n) is 11.5. The summed E-state index contributed by atoms with van der Waals surface area (Å²) < 4.78 is 11.9. The van der Waals surface area contributed by atoms with Gasteiger partial charge in [-0.15, -0.1) is 0 Å². The molecule has 0 N–H and O–H groups in total. The second kappa shape index (κ2) is 9.66. The van der Waals surface area contributed by atoms with Crippen LogP contribution in [0, 0.1) is 13.8 Å². The number of benzene rings is 2. The monoisotopic (exact) mass is 477 g/mol. The molecule has 0 radical (unpaired) electrons. The maximum absolute atomic E-state index is 13.7. The Morgan fingerprint density at radius 1 is 1.15 bits per heavy atom. The van der Waals surface area contributed by atoms with Gasteiger partial charge in [0.05, 0.1) is 23.4 Å². The third kappa shape index (κ3) is 4.49. The second-order valence-corrected chi connectivity index (χ2v) is 9.61. The number of para-hydroxylation sites is 1. The van der Waals surface area contributed by atoms with E-state index in [9.17, 15) is 9.59 Å². The number of rotatable bonds is 6. The van der Waals surface area contributed by atoms with Gasteiger partial charge in [-0.1, -0.05) is 35.6 Å². The highest BCUT2D eigenvalue weighted by Gasteiger charge is 2.25. The van der Waals surface area contributed by atoms with Gasteiger partial charge in [-0.25, -0.2) is 9.78 Å². The highest BCUT2D eigenvalue weighted by atomic mass is 32.1. The first-order chi connectivity index (χ1) is 16.5. The lowest BCUT2D eigenvalue weighted by molar-refractivity contribution is 0.0376. The number of amides is 1. The highest BCUT2D eigenvalue weighted by Crippen LogP contribution is 2.32. The topological polar surface area (TPSA) is 75.9 Å². The van der Waals surface area contributed by atoms with E-state index in [0.717, 1.165) is 66.0 Å². The number of carbonyl (C=O) groups is 1. The largest absolute Gasteiger partial charge is 0.422 e. The molecule has 0 unspecified atom stereocenters. The van der Waals surface area contributed by atoms with E-state index in [0.29, 0.717) is 17.3 Å². The molecule has 0 saturated carbocycles. The van der Waals surface area contributed by atoms with Crippen molar-refractivity contribution in [2.24, 2.45) is 0 Å². The number of ether oxygens (including phenoxy) is 1. The zero-order chi connectivity index (χ0) is 23.7. The van der Waals surface area contributed by atoms with Crippen molar-refractivity contribution in [3.8, 4) is 0 Å². The summed E-state index contributed by atoms with van der Waals surface area (Å²) in [7, 11) is 0. The van der Waals surface area contributed by atoms with Gasteiger partial charge in [-0.2, -0.15) is 0 Å². The maximum atomic E-state index is 13.7. The van der Waals surface area contributed by atoms with Gasteiger partial charge in [0.25, 0.3) is 5.91 Å². The minimum atomic E-state index is -0.630. The number of aryl methyl sites for hydroxylation is 2. The third-order valence-corrected chi connectivity index (χ3v) is 7.42. The fourth-order valence-corrected chi connectivity index (χ4v) is 5.30. The molecule has 1 aliphatic heterocycles. The summed E-state index contributed by atoms with van der Waals surface area (Å²) in [5, 5.41) is 1.32. The number of aromatic nitrogens is 1. The lowest BCUT2D eigenvalue weighted by Crippen LogP contribution is -2.40. The van der Waals surface area contributed by atoms with E-state index in [2.05, 4.69) is 17.9 Å². The minimum Gasteiger partial charge on any atom is -0.422 e. The van der Waals surface area contributed by atoms with Crippen molar-refractivity contribution in [1.82, 2.24) is 9.88 Å². The number of anilines is 1. The van der Waals surface area contributed by atoms with Gasteiger partial charge < -0.3 is 9.15 Å². The van der Waals surface area contributed by atoms with Crippen molar-refractivity contribution in [2.75, 3.05) is 44.3 Å². The predicted octanol–water partition coefficient (Wildman–Crippen LogP) is 4.39. The molecule has 1 fully saturated rings. The fourth-order valence-electron chi connectivity index (χ4n) is 4.25. The Balaban J connectivity index is 1.49. The molecule has 34 heavy (non-hydrogen) atoms. The van der Waals surface area contributed by atoms with Crippen LogP contribution in [0.1, 0.15) is 27.9 Å². The van der Waals surface area contributed by atoms with E-state index >= 15 is 0 Å². The Hall–Kier alpha value is -3.07. The lowest BCUT2D eigenvalue weighted by atomic mass is 10.1. The summed E-state index contributed by atoms with van der Waals surface area (Å²) in [6.45, 7) is 8.66. The van der Waals surface area contributed by atoms with E-state index in [-0.39, 0.29) is 11.5 Å². The second-order valence-electron chi connectivity index (χ2n) is 8.60. The van der Waals surface area contributed by atoms with E-state index in [4.69, 9.17) is 14.1 Å². The summed E-state index contributed by atoms with van der Waals surface area (Å²) in [5.41, 5.74) is 3.02. The van der Waals surface area contributed by atoms with Crippen LogP contribution in [0.4, 0.5) is 5.13 Å². The van der Waals surface area contributed by atoms with Gasteiger partial charge in [0.1, 0.15) is 11.1 Å². The molecule has 7 nitrogen and oxygen atoms in total. The molecule has 8 heteroatoms. The van der Waals surface area contributed by atoms with Crippen molar-refractivity contribution in [1.29, 1.82) is 0 Å². The van der Waals surface area contributed by atoms with Crippen molar-refractivity contribution in [3.05, 3.63) is 69.6 Å². The van der Waals surface area contributed by atoms with Crippen LogP contribution in [0.15, 0.2) is 51.7 Å². The molecule has 0 spiro atoms. The van der Waals surface area contributed by atoms with E-state index in [1.165, 1.54) is 11.3 Å². The van der Waals surface area contributed by atoms with Gasteiger partial charge in [-0.3, -0.25) is 14.6 Å². The summed E-state index contributed by atoms with van der Waals surface area (Å²) in [4.78, 5) is 35.3. The molecule has 4 aromatic rings. The summed E-state index contributed by atoms with van der Waals surface area (Å²) in [5.74, 6) is -0.380. The summed E-state index contributed by atoms with van der Waals surface area (Å²) in [6, 6.07) is 13.0. The number of fused-ring (bicyclic) bond motifs is 2. The molecule has 5 rings (SSSR count). The molecule has 3 heterocycles. The molecule has 2 aromatic carbocycles. The number of nitrogens with zero attached hydrogens (tertiary/aromatic N) is 3. The molecule has 0 atom stereocenters. The fraction of sp³-hybridized carbons (Fsp3) is 0.346. The van der Waals surface area contributed by atoms with Gasteiger partial charge in [-0.05, 0) is 49.6 Å². The van der Waals surface area contributed by atoms with Gasteiger partial charge >= 0.3 is 5.63 Å². The molecule has 0 bridgehead atoms.